The van der Waals surface area contributed by atoms with Crippen LogP contribution in [0.15, 0.2) is 54.1 Å². The van der Waals surface area contributed by atoms with E-state index < -0.39 is 11.8 Å². The van der Waals surface area contributed by atoms with E-state index in [-0.39, 0.29) is 10.7 Å². The van der Waals surface area contributed by atoms with Crippen molar-refractivity contribution < 1.29 is 9.59 Å². The Balaban J connectivity index is 2.05. The molecule has 122 valence electrons. The highest BCUT2D eigenvalue weighted by Gasteiger charge is 2.34. The summed E-state index contributed by atoms with van der Waals surface area (Å²) in [6.07, 6.45) is 1.39. The van der Waals surface area contributed by atoms with Crippen LogP contribution in [-0.2, 0) is 9.59 Å². The Morgan fingerprint density at radius 1 is 1.12 bits per heavy atom. The average molecular weight is 368 g/mol. The highest BCUT2D eigenvalue weighted by atomic mass is 35.5. The molecule has 1 aliphatic heterocycles. The Kier molecular flexibility index (Phi) is 4.61. The molecule has 0 aliphatic carbocycles. The summed E-state index contributed by atoms with van der Waals surface area (Å²) in [4.78, 5) is 26.3. The van der Waals surface area contributed by atoms with Crippen molar-refractivity contribution in [3.05, 3.63) is 70.3 Å². The van der Waals surface area contributed by atoms with Gasteiger partial charge in [0.05, 0.1) is 17.3 Å². The highest BCUT2D eigenvalue weighted by molar-refractivity contribution is 7.80. The molecule has 0 aromatic heterocycles. The van der Waals surface area contributed by atoms with Crippen LogP contribution in [-0.4, -0.2) is 16.9 Å². The van der Waals surface area contributed by atoms with Crippen LogP contribution in [0.4, 0.5) is 5.69 Å². The number of nitrogens with zero attached hydrogens (tertiary/aromatic N) is 2. The van der Waals surface area contributed by atoms with Gasteiger partial charge < -0.3 is 0 Å². The molecule has 1 aliphatic rings. The molecule has 0 atom stereocenters. The molecule has 7 heteroatoms. The summed E-state index contributed by atoms with van der Waals surface area (Å²) in [6, 6.07) is 15.2. The van der Waals surface area contributed by atoms with Crippen LogP contribution in [0, 0.1) is 11.3 Å². The zero-order valence-electron chi connectivity index (χ0n) is 12.7. The lowest BCUT2D eigenvalue weighted by Gasteiger charge is -2.29. The number of halogens is 1. The van der Waals surface area contributed by atoms with E-state index in [0.29, 0.717) is 21.8 Å². The fraction of sp³-hybridized carbons (Fsp3) is 0. The van der Waals surface area contributed by atoms with E-state index in [4.69, 9.17) is 29.1 Å². The molecule has 2 amide bonds. The van der Waals surface area contributed by atoms with Gasteiger partial charge in [0.15, 0.2) is 5.11 Å². The molecule has 0 bridgehead atoms. The van der Waals surface area contributed by atoms with E-state index in [2.05, 4.69) is 5.32 Å². The first-order valence-corrected chi connectivity index (χ1v) is 7.96. The van der Waals surface area contributed by atoms with Gasteiger partial charge in [0.1, 0.15) is 5.57 Å². The van der Waals surface area contributed by atoms with E-state index in [1.54, 1.807) is 48.5 Å². The first kappa shape index (κ1) is 16.8. The number of hydrogen-bond donors (Lipinski definition) is 1. The molecule has 0 spiro atoms. The molecular weight excluding hydrogens is 358 g/mol. The summed E-state index contributed by atoms with van der Waals surface area (Å²) in [5, 5.41) is 12.2. The summed E-state index contributed by atoms with van der Waals surface area (Å²) in [7, 11) is 0. The normalized spacial score (nSPS) is 15.9. The zero-order valence-corrected chi connectivity index (χ0v) is 14.3. The second-order valence-corrected chi connectivity index (χ2v) is 5.96. The third kappa shape index (κ3) is 3.29. The number of carbonyl (C=O) groups is 2. The number of amides is 2. The van der Waals surface area contributed by atoms with E-state index >= 15 is 0 Å². The summed E-state index contributed by atoms with van der Waals surface area (Å²) < 4.78 is 0. The topological polar surface area (TPSA) is 73.2 Å². The average Bonchev–Trinajstić information content (AvgIpc) is 2.60. The largest absolute Gasteiger partial charge is 0.298 e. The Bertz CT molecular complexity index is 961. The molecule has 0 unspecified atom stereocenters. The SMILES string of the molecule is N#Cc1ccccc1C=C1C(=O)NC(=S)N(c2ccc(Cl)cc2)C1=O. The lowest BCUT2D eigenvalue weighted by molar-refractivity contribution is -0.122. The van der Waals surface area contributed by atoms with Crippen molar-refractivity contribution in [2.75, 3.05) is 4.90 Å². The second kappa shape index (κ2) is 6.85. The monoisotopic (exact) mass is 367 g/mol. The number of benzene rings is 2. The molecule has 3 rings (SSSR count). The van der Waals surface area contributed by atoms with E-state index in [1.165, 1.54) is 11.0 Å². The van der Waals surface area contributed by atoms with Gasteiger partial charge in [0.2, 0.25) is 0 Å². The Morgan fingerprint density at radius 3 is 2.48 bits per heavy atom. The molecule has 0 radical (unpaired) electrons. The van der Waals surface area contributed by atoms with Crippen LogP contribution in [0.25, 0.3) is 6.08 Å². The number of nitriles is 1. The van der Waals surface area contributed by atoms with Gasteiger partial charge in [-0.2, -0.15) is 5.26 Å². The van der Waals surface area contributed by atoms with E-state index in [1.807, 2.05) is 6.07 Å². The summed E-state index contributed by atoms with van der Waals surface area (Å²) >= 11 is 11.0. The van der Waals surface area contributed by atoms with Crippen molar-refractivity contribution in [3.63, 3.8) is 0 Å². The van der Waals surface area contributed by atoms with Crippen LogP contribution in [0.2, 0.25) is 5.02 Å². The van der Waals surface area contributed by atoms with Gasteiger partial charge in [-0.1, -0.05) is 29.8 Å². The van der Waals surface area contributed by atoms with E-state index in [0.717, 1.165) is 0 Å². The Hall–Kier alpha value is -3.01. The Morgan fingerprint density at radius 2 is 1.80 bits per heavy atom. The first-order chi connectivity index (χ1) is 12.0. The summed E-state index contributed by atoms with van der Waals surface area (Å²) in [5.74, 6) is -1.17. The maximum absolute atomic E-state index is 12.8. The number of rotatable bonds is 2. The molecule has 1 N–H and O–H groups in total. The van der Waals surface area contributed by atoms with Gasteiger partial charge >= 0.3 is 0 Å². The van der Waals surface area contributed by atoms with Crippen molar-refractivity contribution in [1.82, 2.24) is 5.32 Å². The smallest absolute Gasteiger partial charge is 0.270 e. The lowest BCUT2D eigenvalue weighted by atomic mass is 10.0. The molecule has 25 heavy (non-hydrogen) atoms. The molecular formula is C18H10ClN3O2S. The zero-order chi connectivity index (χ0) is 18.0. The maximum Gasteiger partial charge on any atom is 0.270 e. The fourth-order valence-electron chi connectivity index (χ4n) is 2.36. The first-order valence-electron chi connectivity index (χ1n) is 7.17. The predicted molar refractivity (Wildman–Crippen MR) is 98.8 cm³/mol. The van der Waals surface area contributed by atoms with Crippen LogP contribution < -0.4 is 10.2 Å². The third-order valence-corrected chi connectivity index (χ3v) is 4.10. The number of hydrogen-bond acceptors (Lipinski definition) is 4. The highest BCUT2D eigenvalue weighted by Crippen LogP contribution is 2.24. The van der Waals surface area contributed by atoms with Crippen molar-refractivity contribution in [2.24, 2.45) is 0 Å². The molecule has 1 saturated heterocycles. The summed E-state index contributed by atoms with van der Waals surface area (Å²) in [5.41, 5.74) is 1.22. The van der Waals surface area contributed by atoms with Crippen LogP contribution in [0.5, 0.6) is 0 Å². The minimum atomic E-state index is -0.604. The van der Waals surface area contributed by atoms with Gasteiger partial charge in [-0.3, -0.25) is 19.8 Å². The lowest BCUT2D eigenvalue weighted by Crippen LogP contribution is -2.54. The van der Waals surface area contributed by atoms with Crippen LogP contribution >= 0.6 is 23.8 Å². The van der Waals surface area contributed by atoms with Crippen molar-refractivity contribution in [1.29, 1.82) is 5.26 Å². The standard InChI is InChI=1S/C18H10ClN3O2S/c19-13-5-7-14(8-6-13)22-17(24)15(16(23)21-18(22)25)9-11-3-1-2-4-12(11)10-20/h1-9H,(H,21,23,25). The fourth-order valence-corrected chi connectivity index (χ4v) is 2.77. The van der Waals surface area contributed by atoms with Crippen molar-refractivity contribution >= 4 is 52.5 Å². The third-order valence-electron chi connectivity index (χ3n) is 3.57. The number of anilines is 1. The van der Waals surface area contributed by atoms with Crippen LogP contribution in [0.3, 0.4) is 0 Å². The molecule has 1 heterocycles. The Labute approximate surface area is 154 Å². The minimum Gasteiger partial charge on any atom is -0.298 e. The predicted octanol–water partition coefficient (Wildman–Crippen LogP) is 3.04. The molecule has 1 fully saturated rings. The van der Waals surface area contributed by atoms with Gasteiger partial charge in [-0.25, -0.2) is 0 Å². The molecule has 5 nitrogen and oxygen atoms in total. The molecule has 2 aromatic carbocycles. The van der Waals surface area contributed by atoms with Gasteiger partial charge in [-0.15, -0.1) is 0 Å². The number of carbonyl (C=O) groups excluding carboxylic acids is 2. The summed E-state index contributed by atoms with van der Waals surface area (Å²) in [6.45, 7) is 0. The van der Waals surface area contributed by atoms with Gasteiger partial charge in [0.25, 0.3) is 11.8 Å². The van der Waals surface area contributed by atoms with Gasteiger partial charge in [0, 0.05) is 5.02 Å². The van der Waals surface area contributed by atoms with Crippen molar-refractivity contribution in [3.8, 4) is 6.07 Å². The number of nitrogens with one attached hydrogen (secondary N) is 1. The quantitative estimate of drug-likeness (QED) is 0.503. The minimum absolute atomic E-state index is 0.0111. The maximum atomic E-state index is 12.8. The molecule has 2 aromatic rings. The van der Waals surface area contributed by atoms with Gasteiger partial charge in [-0.05, 0) is 54.2 Å². The van der Waals surface area contributed by atoms with Crippen molar-refractivity contribution in [2.45, 2.75) is 0 Å². The number of thiocarbonyl (C=S) groups is 1. The van der Waals surface area contributed by atoms with E-state index in [9.17, 15) is 9.59 Å². The van der Waals surface area contributed by atoms with Crippen LogP contribution in [0.1, 0.15) is 11.1 Å². The molecule has 0 saturated carbocycles. The second-order valence-electron chi connectivity index (χ2n) is 5.13.